The van der Waals surface area contributed by atoms with E-state index in [1.807, 2.05) is 29.6 Å². The maximum atomic E-state index is 12.1. The molecule has 10 heteroatoms. The third kappa shape index (κ3) is 5.54. The largest absolute Gasteiger partial charge is 0.481 e. The van der Waals surface area contributed by atoms with Crippen LogP contribution in [0, 0.1) is 0 Å². The zero-order valence-electron chi connectivity index (χ0n) is 14.3. The van der Waals surface area contributed by atoms with Crippen molar-refractivity contribution in [2.75, 3.05) is 6.54 Å². The number of carbonyl (C=O) groups is 4. The first-order valence-electron chi connectivity index (χ1n) is 8.10. The van der Waals surface area contributed by atoms with Crippen LogP contribution in [0.15, 0.2) is 30.5 Å². The van der Waals surface area contributed by atoms with Crippen LogP contribution in [0.2, 0.25) is 0 Å². The van der Waals surface area contributed by atoms with Crippen LogP contribution in [0.25, 0.3) is 10.9 Å². The zero-order valence-corrected chi connectivity index (χ0v) is 14.3. The second-order valence-corrected chi connectivity index (χ2v) is 5.94. The van der Waals surface area contributed by atoms with Crippen molar-refractivity contribution in [3.05, 3.63) is 36.0 Å². The number of amides is 2. The molecule has 0 radical (unpaired) electrons. The van der Waals surface area contributed by atoms with Gasteiger partial charge in [-0.3, -0.25) is 14.4 Å². The summed E-state index contributed by atoms with van der Waals surface area (Å²) in [5, 5.41) is 22.8. The van der Waals surface area contributed by atoms with Crippen LogP contribution in [0.3, 0.4) is 0 Å². The van der Waals surface area contributed by atoms with Crippen molar-refractivity contribution >= 4 is 34.7 Å². The van der Waals surface area contributed by atoms with E-state index >= 15 is 0 Å². The van der Waals surface area contributed by atoms with Crippen LogP contribution < -0.4 is 16.4 Å². The van der Waals surface area contributed by atoms with Gasteiger partial charge in [-0.2, -0.15) is 0 Å². The number of para-hydroxylation sites is 1. The molecule has 0 bridgehead atoms. The zero-order chi connectivity index (χ0) is 20.0. The number of carbonyl (C=O) groups excluding carboxylic acids is 2. The number of rotatable bonds is 9. The number of hydrogen-bond donors (Lipinski definition) is 6. The molecule has 0 fully saturated rings. The third-order valence-electron chi connectivity index (χ3n) is 3.89. The van der Waals surface area contributed by atoms with Crippen molar-refractivity contribution in [2.45, 2.75) is 24.9 Å². The lowest BCUT2D eigenvalue weighted by Gasteiger charge is -2.14. The summed E-state index contributed by atoms with van der Waals surface area (Å²) in [6, 6.07) is 5.05. The predicted octanol–water partition coefficient (Wildman–Crippen LogP) is -0.802. The molecule has 1 heterocycles. The molecule has 2 aromatic rings. The Bertz CT molecular complexity index is 862. The maximum absolute atomic E-state index is 12.1. The van der Waals surface area contributed by atoms with Gasteiger partial charge in [0.25, 0.3) is 0 Å². The van der Waals surface area contributed by atoms with Crippen LogP contribution in [0.4, 0.5) is 0 Å². The van der Waals surface area contributed by atoms with E-state index in [1.54, 1.807) is 6.20 Å². The van der Waals surface area contributed by atoms with Gasteiger partial charge in [0.15, 0.2) is 0 Å². The van der Waals surface area contributed by atoms with Crippen molar-refractivity contribution in [1.29, 1.82) is 0 Å². The molecule has 1 aromatic heterocycles. The molecule has 0 saturated carbocycles. The van der Waals surface area contributed by atoms with Crippen LogP contribution in [-0.2, 0) is 25.6 Å². The summed E-state index contributed by atoms with van der Waals surface area (Å²) in [5.41, 5.74) is 7.64. The maximum Gasteiger partial charge on any atom is 0.326 e. The van der Waals surface area contributed by atoms with E-state index in [0.717, 1.165) is 16.5 Å². The molecule has 0 saturated heterocycles. The molecule has 0 spiro atoms. The summed E-state index contributed by atoms with van der Waals surface area (Å²) in [6.45, 7) is -0.510. The Morgan fingerprint density at radius 3 is 2.52 bits per heavy atom. The molecule has 7 N–H and O–H groups in total. The minimum Gasteiger partial charge on any atom is -0.481 e. The number of H-pyrrole nitrogens is 1. The Kier molecular flexibility index (Phi) is 6.50. The predicted molar refractivity (Wildman–Crippen MR) is 94.8 cm³/mol. The molecule has 144 valence electrons. The molecule has 2 unspecified atom stereocenters. The minimum absolute atomic E-state index is 0.244. The molecule has 0 aliphatic rings. The lowest BCUT2D eigenvalue weighted by Crippen LogP contribution is -2.49. The molecular formula is C17H20N4O6. The SMILES string of the molecule is NC(Cc1c[nH]c2ccccc12)C(=O)NCC(=O)NC(CC(=O)O)C(=O)O. The Morgan fingerprint density at radius 1 is 1.15 bits per heavy atom. The molecule has 0 aliphatic carbocycles. The number of carboxylic acid groups (broad SMARTS) is 2. The van der Waals surface area contributed by atoms with Crippen LogP contribution in [0.5, 0.6) is 0 Å². The molecule has 2 rings (SSSR count). The van der Waals surface area contributed by atoms with Gasteiger partial charge < -0.3 is 31.6 Å². The van der Waals surface area contributed by atoms with E-state index in [4.69, 9.17) is 15.9 Å². The third-order valence-corrected chi connectivity index (χ3v) is 3.89. The van der Waals surface area contributed by atoms with Gasteiger partial charge >= 0.3 is 11.9 Å². The van der Waals surface area contributed by atoms with Gasteiger partial charge in [0, 0.05) is 17.1 Å². The fourth-order valence-electron chi connectivity index (χ4n) is 2.55. The van der Waals surface area contributed by atoms with Crippen molar-refractivity contribution in [1.82, 2.24) is 15.6 Å². The van der Waals surface area contributed by atoms with Gasteiger partial charge in [0.2, 0.25) is 11.8 Å². The smallest absolute Gasteiger partial charge is 0.326 e. The Morgan fingerprint density at radius 2 is 1.85 bits per heavy atom. The van der Waals surface area contributed by atoms with Crippen LogP contribution in [0.1, 0.15) is 12.0 Å². The summed E-state index contributed by atoms with van der Waals surface area (Å²) in [4.78, 5) is 48.4. The van der Waals surface area contributed by atoms with Crippen molar-refractivity contribution in [3.63, 3.8) is 0 Å². The average Bonchev–Trinajstić information content (AvgIpc) is 3.01. The van der Waals surface area contributed by atoms with Gasteiger partial charge in [0.1, 0.15) is 6.04 Å². The summed E-state index contributed by atoms with van der Waals surface area (Å²) in [7, 11) is 0. The number of aromatic amines is 1. The summed E-state index contributed by atoms with van der Waals surface area (Å²) < 4.78 is 0. The summed E-state index contributed by atoms with van der Waals surface area (Å²) in [6.07, 6.45) is 1.23. The number of nitrogens with two attached hydrogens (primary N) is 1. The van der Waals surface area contributed by atoms with Gasteiger partial charge in [0.05, 0.1) is 19.0 Å². The van der Waals surface area contributed by atoms with Crippen LogP contribution >= 0.6 is 0 Å². The Hall–Kier alpha value is -3.40. The summed E-state index contributed by atoms with van der Waals surface area (Å²) in [5.74, 6) is -4.25. The van der Waals surface area contributed by atoms with Crippen molar-refractivity contribution in [3.8, 4) is 0 Å². The van der Waals surface area contributed by atoms with Crippen LogP contribution in [-0.4, -0.2) is 57.6 Å². The lowest BCUT2D eigenvalue weighted by atomic mass is 10.1. The first-order valence-corrected chi connectivity index (χ1v) is 8.10. The molecule has 2 amide bonds. The van der Waals surface area contributed by atoms with E-state index in [-0.39, 0.29) is 6.42 Å². The Balaban J connectivity index is 1.86. The quantitative estimate of drug-likeness (QED) is 0.332. The Labute approximate surface area is 153 Å². The van der Waals surface area contributed by atoms with E-state index in [2.05, 4.69) is 10.3 Å². The fraction of sp³-hybridized carbons (Fsp3) is 0.294. The van der Waals surface area contributed by atoms with E-state index in [9.17, 15) is 19.2 Å². The number of benzene rings is 1. The van der Waals surface area contributed by atoms with Gasteiger partial charge in [-0.1, -0.05) is 18.2 Å². The second kappa shape index (κ2) is 8.81. The topological polar surface area (TPSA) is 175 Å². The average molecular weight is 376 g/mol. The highest BCUT2D eigenvalue weighted by molar-refractivity contribution is 5.91. The van der Waals surface area contributed by atoms with Crippen molar-refractivity contribution in [2.24, 2.45) is 5.73 Å². The van der Waals surface area contributed by atoms with Gasteiger partial charge in [-0.25, -0.2) is 4.79 Å². The highest BCUT2D eigenvalue weighted by Crippen LogP contribution is 2.18. The summed E-state index contributed by atoms with van der Waals surface area (Å²) >= 11 is 0. The number of aromatic nitrogens is 1. The number of fused-ring (bicyclic) bond motifs is 1. The van der Waals surface area contributed by atoms with E-state index in [0.29, 0.717) is 0 Å². The monoisotopic (exact) mass is 376 g/mol. The number of carboxylic acids is 2. The molecule has 1 aromatic carbocycles. The molecule has 10 nitrogen and oxygen atoms in total. The first-order chi connectivity index (χ1) is 12.8. The minimum atomic E-state index is -1.58. The number of nitrogens with one attached hydrogen (secondary N) is 3. The number of aliphatic carboxylic acids is 2. The lowest BCUT2D eigenvalue weighted by molar-refractivity contribution is -0.147. The molecule has 27 heavy (non-hydrogen) atoms. The standard InChI is InChI=1S/C17H20N4O6/c18-11(5-9-7-19-12-4-2-1-3-10(9)12)16(25)20-8-14(22)21-13(17(26)27)6-15(23)24/h1-4,7,11,13,19H,5-6,8,18H2,(H,20,25)(H,21,22)(H,23,24)(H,26,27). The first kappa shape index (κ1) is 19.9. The molecular weight excluding hydrogens is 356 g/mol. The second-order valence-electron chi connectivity index (χ2n) is 5.94. The van der Waals surface area contributed by atoms with Crippen molar-refractivity contribution < 1.29 is 29.4 Å². The number of hydrogen-bond acceptors (Lipinski definition) is 5. The highest BCUT2D eigenvalue weighted by atomic mass is 16.4. The van der Waals surface area contributed by atoms with E-state index in [1.165, 1.54) is 0 Å². The fourth-order valence-corrected chi connectivity index (χ4v) is 2.55. The van der Waals surface area contributed by atoms with E-state index < -0.39 is 48.8 Å². The van der Waals surface area contributed by atoms with Gasteiger partial charge in [-0.05, 0) is 18.1 Å². The molecule has 2 atom stereocenters. The van der Waals surface area contributed by atoms with Gasteiger partial charge in [-0.15, -0.1) is 0 Å². The molecule has 0 aliphatic heterocycles. The normalized spacial score (nSPS) is 12.9. The highest BCUT2D eigenvalue weighted by Gasteiger charge is 2.23.